The molecule has 0 aliphatic carbocycles. The molecular weight excluding hydrogens is 422 g/mol. The lowest BCUT2D eigenvalue weighted by molar-refractivity contribution is -0.133. The van der Waals surface area contributed by atoms with Gasteiger partial charge in [0, 0.05) is 6.07 Å². The van der Waals surface area contributed by atoms with E-state index in [-0.39, 0.29) is 0 Å². The van der Waals surface area contributed by atoms with Crippen LogP contribution in [-0.4, -0.2) is 42.5 Å². The third-order valence-electron chi connectivity index (χ3n) is 5.48. The molecule has 4 amide bonds. The number of ether oxygens (including phenoxy) is 2. The van der Waals surface area contributed by atoms with Crippen LogP contribution in [0.15, 0.2) is 42.5 Å². The molecule has 2 aromatic rings. The Bertz CT molecular complexity index is 1020. The van der Waals surface area contributed by atoms with Crippen molar-refractivity contribution in [2.45, 2.75) is 46.1 Å². The Hall–Kier alpha value is -3.55. The second-order valence-corrected chi connectivity index (χ2v) is 7.97. The van der Waals surface area contributed by atoms with Crippen molar-refractivity contribution in [3.05, 3.63) is 53.6 Å². The predicted molar refractivity (Wildman–Crippen MR) is 125 cm³/mol. The third kappa shape index (κ3) is 5.27. The molecule has 2 N–H and O–H groups in total. The molecule has 0 aromatic heterocycles. The number of urea groups is 1. The lowest BCUT2D eigenvalue weighted by Crippen LogP contribution is -2.42. The molecule has 0 saturated carbocycles. The van der Waals surface area contributed by atoms with E-state index in [1.54, 1.807) is 25.1 Å². The molecule has 1 aliphatic heterocycles. The van der Waals surface area contributed by atoms with Crippen LogP contribution in [0.4, 0.5) is 10.5 Å². The Balaban J connectivity index is 1.74. The number of anilines is 1. The second-order valence-electron chi connectivity index (χ2n) is 7.97. The highest BCUT2D eigenvalue weighted by atomic mass is 16.5. The SMILES string of the molecule is CCCc1ccc(C2(C)NC(=O)N(CC(=O)Nc3cc(OCC)ccc3OCC)C2=O)cc1. The summed E-state index contributed by atoms with van der Waals surface area (Å²) in [6, 6.07) is 12.1. The molecular formula is C25H31N3O5. The molecule has 0 spiro atoms. The Kier molecular flexibility index (Phi) is 7.58. The fraction of sp³-hybridized carbons (Fsp3) is 0.400. The van der Waals surface area contributed by atoms with Crippen LogP contribution in [0.25, 0.3) is 0 Å². The van der Waals surface area contributed by atoms with Gasteiger partial charge in [0.1, 0.15) is 23.6 Å². The quantitative estimate of drug-likeness (QED) is 0.533. The number of rotatable bonds is 10. The fourth-order valence-electron chi connectivity index (χ4n) is 3.81. The monoisotopic (exact) mass is 453 g/mol. The van der Waals surface area contributed by atoms with Crippen LogP contribution in [0, 0.1) is 0 Å². The number of nitrogens with one attached hydrogen (secondary N) is 2. The Labute approximate surface area is 194 Å². The zero-order valence-electron chi connectivity index (χ0n) is 19.6. The van der Waals surface area contributed by atoms with Crippen molar-refractivity contribution in [3.8, 4) is 11.5 Å². The lowest BCUT2D eigenvalue weighted by Gasteiger charge is -2.22. The number of amides is 4. The van der Waals surface area contributed by atoms with Gasteiger partial charge < -0.3 is 20.1 Å². The van der Waals surface area contributed by atoms with Crippen molar-refractivity contribution < 1.29 is 23.9 Å². The number of carbonyl (C=O) groups is 3. The summed E-state index contributed by atoms with van der Waals surface area (Å²) in [5, 5.41) is 5.47. The smallest absolute Gasteiger partial charge is 0.325 e. The van der Waals surface area contributed by atoms with E-state index < -0.39 is 29.9 Å². The first-order chi connectivity index (χ1) is 15.8. The first kappa shape index (κ1) is 24.1. The lowest BCUT2D eigenvalue weighted by atomic mass is 9.91. The van der Waals surface area contributed by atoms with Crippen LogP contribution in [0.3, 0.4) is 0 Å². The van der Waals surface area contributed by atoms with Gasteiger partial charge >= 0.3 is 6.03 Å². The summed E-state index contributed by atoms with van der Waals surface area (Å²) in [6.45, 7) is 7.92. The maximum atomic E-state index is 13.2. The van der Waals surface area contributed by atoms with Crippen molar-refractivity contribution in [2.75, 3.05) is 25.1 Å². The first-order valence-electron chi connectivity index (χ1n) is 11.2. The third-order valence-corrected chi connectivity index (χ3v) is 5.48. The highest BCUT2D eigenvalue weighted by Gasteiger charge is 2.49. The number of imide groups is 1. The van der Waals surface area contributed by atoms with Crippen molar-refractivity contribution >= 4 is 23.5 Å². The van der Waals surface area contributed by atoms with Crippen LogP contribution in [0.2, 0.25) is 0 Å². The molecule has 1 atom stereocenters. The highest BCUT2D eigenvalue weighted by molar-refractivity contribution is 6.10. The van der Waals surface area contributed by atoms with Crippen molar-refractivity contribution in [1.82, 2.24) is 10.2 Å². The summed E-state index contributed by atoms with van der Waals surface area (Å²) in [5.41, 5.74) is 1.02. The number of hydrogen-bond donors (Lipinski definition) is 2. The molecule has 1 aliphatic rings. The van der Waals surface area contributed by atoms with E-state index in [0.717, 1.165) is 23.3 Å². The molecule has 1 saturated heterocycles. The van der Waals surface area contributed by atoms with Gasteiger partial charge in [0.05, 0.1) is 18.9 Å². The summed E-state index contributed by atoms with van der Waals surface area (Å²) in [7, 11) is 0. The molecule has 176 valence electrons. The predicted octanol–water partition coefficient (Wildman–Crippen LogP) is 3.84. The van der Waals surface area contributed by atoms with Crippen molar-refractivity contribution in [2.24, 2.45) is 0 Å². The van der Waals surface area contributed by atoms with E-state index in [2.05, 4.69) is 17.6 Å². The minimum Gasteiger partial charge on any atom is -0.494 e. The molecule has 0 bridgehead atoms. The van der Waals surface area contributed by atoms with Gasteiger partial charge in [-0.25, -0.2) is 4.79 Å². The highest BCUT2D eigenvalue weighted by Crippen LogP contribution is 2.31. The molecule has 8 heteroatoms. The first-order valence-corrected chi connectivity index (χ1v) is 11.2. The minimum absolute atomic E-state index is 0.411. The summed E-state index contributed by atoms with van der Waals surface area (Å²) >= 11 is 0. The maximum Gasteiger partial charge on any atom is 0.325 e. The van der Waals surface area contributed by atoms with Gasteiger partial charge in [-0.1, -0.05) is 37.6 Å². The summed E-state index contributed by atoms with van der Waals surface area (Å²) in [6.07, 6.45) is 1.96. The molecule has 33 heavy (non-hydrogen) atoms. The average Bonchev–Trinajstić information content (AvgIpc) is 3.00. The van der Waals surface area contributed by atoms with Gasteiger partial charge in [-0.3, -0.25) is 14.5 Å². The summed E-state index contributed by atoms with van der Waals surface area (Å²) < 4.78 is 11.1. The Morgan fingerprint density at radius 2 is 1.73 bits per heavy atom. The van der Waals surface area contributed by atoms with E-state index in [4.69, 9.17) is 9.47 Å². The van der Waals surface area contributed by atoms with Crippen LogP contribution < -0.4 is 20.1 Å². The molecule has 3 rings (SSSR count). The van der Waals surface area contributed by atoms with Crippen molar-refractivity contribution in [3.63, 3.8) is 0 Å². The van der Waals surface area contributed by atoms with Crippen LogP contribution in [0.5, 0.6) is 11.5 Å². The minimum atomic E-state index is -1.23. The molecule has 1 unspecified atom stereocenters. The van der Waals surface area contributed by atoms with Crippen LogP contribution in [0.1, 0.15) is 45.2 Å². The largest absolute Gasteiger partial charge is 0.494 e. The van der Waals surface area contributed by atoms with E-state index >= 15 is 0 Å². The Morgan fingerprint density at radius 3 is 2.36 bits per heavy atom. The maximum absolute atomic E-state index is 13.2. The zero-order valence-corrected chi connectivity index (χ0v) is 19.6. The van der Waals surface area contributed by atoms with Gasteiger partial charge in [0.15, 0.2) is 0 Å². The number of nitrogens with zero attached hydrogens (tertiary/aromatic N) is 1. The number of aryl methyl sites for hydroxylation is 1. The van der Waals surface area contributed by atoms with E-state index in [9.17, 15) is 14.4 Å². The molecule has 8 nitrogen and oxygen atoms in total. The van der Waals surface area contributed by atoms with E-state index in [0.29, 0.717) is 36.0 Å². The average molecular weight is 454 g/mol. The summed E-state index contributed by atoms with van der Waals surface area (Å²) in [4.78, 5) is 39.5. The standard InChI is InChI=1S/C25H31N3O5/c1-5-8-17-9-11-18(12-10-17)25(4)23(30)28(24(31)27-25)16-22(29)26-20-15-19(32-6-2)13-14-21(20)33-7-3/h9-15H,5-8,16H2,1-4H3,(H,26,29)(H,27,31). The topological polar surface area (TPSA) is 97.0 Å². The van der Waals surface area contributed by atoms with Gasteiger partial charge in [0.2, 0.25) is 5.91 Å². The van der Waals surface area contributed by atoms with Crippen molar-refractivity contribution in [1.29, 1.82) is 0 Å². The second kappa shape index (κ2) is 10.4. The van der Waals surface area contributed by atoms with Crippen LogP contribution in [-0.2, 0) is 21.5 Å². The fourth-order valence-corrected chi connectivity index (χ4v) is 3.81. The number of hydrogen-bond acceptors (Lipinski definition) is 5. The Morgan fingerprint density at radius 1 is 1.03 bits per heavy atom. The van der Waals surface area contributed by atoms with Gasteiger partial charge in [-0.15, -0.1) is 0 Å². The van der Waals surface area contributed by atoms with E-state index in [1.165, 1.54) is 0 Å². The molecule has 1 heterocycles. The molecule has 0 radical (unpaired) electrons. The number of benzene rings is 2. The molecule has 1 fully saturated rings. The zero-order chi connectivity index (χ0) is 24.0. The summed E-state index contributed by atoms with van der Waals surface area (Å²) in [5.74, 6) is 0.0588. The van der Waals surface area contributed by atoms with Crippen LogP contribution >= 0.6 is 0 Å². The normalized spacial score (nSPS) is 17.6. The van der Waals surface area contributed by atoms with Gasteiger partial charge in [-0.05, 0) is 50.5 Å². The molecule has 2 aromatic carbocycles. The van der Waals surface area contributed by atoms with Gasteiger partial charge in [-0.2, -0.15) is 0 Å². The number of carbonyl (C=O) groups excluding carboxylic acids is 3. The van der Waals surface area contributed by atoms with E-state index in [1.807, 2.05) is 38.1 Å². The van der Waals surface area contributed by atoms with Gasteiger partial charge in [0.25, 0.3) is 5.91 Å².